The molecule has 0 aliphatic carbocycles. The van der Waals surface area contributed by atoms with Crippen LogP contribution in [-0.2, 0) is 10.0 Å². The molecule has 2 aromatic rings. The van der Waals surface area contributed by atoms with Gasteiger partial charge in [0.1, 0.15) is 15.8 Å². The van der Waals surface area contributed by atoms with E-state index in [1.165, 1.54) is 12.1 Å². The number of sulfonamides is 1. The zero-order valence-corrected chi connectivity index (χ0v) is 10.5. The van der Waals surface area contributed by atoms with Gasteiger partial charge in [-0.05, 0) is 31.2 Å². The van der Waals surface area contributed by atoms with Gasteiger partial charge < -0.3 is 4.72 Å². The van der Waals surface area contributed by atoms with Gasteiger partial charge in [-0.1, -0.05) is 29.8 Å². The Hall–Kier alpha value is -1.88. The maximum Gasteiger partial charge on any atom is 0.123 e. The van der Waals surface area contributed by atoms with Gasteiger partial charge in [0.05, 0.1) is 4.90 Å². The molecule has 18 heavy (non-hydrogen) atoms. The molecule has 0 atom stereocenters. The molecule has 0 aliphatic heterocycles. The van der Waals surface area contributed by atoms with Gasteiger partial charge in [-0.2, -0.15) is 0 Å². The Bertz CT molecular complexity index is 651. The summed E-state index contributed by atoms with van der Waals surface area (Å²) in [4.78, 5) is -0.0212. The summed E-state index contributed by atoms with van der Waals surface area (Å²) in [6.07, 6.45) is 0. The molecule has 2 rings (SSSR count). The smallest absolute Gasteiger partial charge is 0.123 e. The van der Waals surface area contributed by atoms with Crippen LogP contribution >= 0.6 is 0 Å². The van der Waals surface area contributed by atoms with E-state index in [2.05, 4.69) is 4.72 Å². The largest absolute Gasteiger partial charge is 0.572 e. The molecule has 5 heteroatoms. The number of hydrogen-bond acceptors (Lipinski definition) is 2. The van der Waals surface area contributed by atoms with Crippen LogP contribution < -0.4 is 0 Å². The summed E-state index contributed by atoms with van der Waals surface area (Å²) in [7, 11) is -3.79. The zero-order chi connectivity index (χ0) is 13.2. The highest BCUT2D eigenvalue weighted by molar-refractivity contribution is 7.94. The number of benzene rings is 2. The minimum atomic E-state index is -3.79. The summed E-state index contributed by atoms with van der Waals surface area (Å²) in [5.41, 5.74) is 1.16. The van der Waals surface area contributed by atoms with Crippen LogP contribution in [0.1, 0.15) is 5.56 Å². The van der Waals surface area contributed by atoms with E-state index in [1.807, 2.05) is 0 Å². The predicted molar refractivity (Wildman–Crippen MR) is 67.8 cm³/mol. The highest BCUT2D eigenvalue weighted by Crippen LogP contribution is 2.30. The molecule has 0 N–H and O–H groups in total. The van der Waals surface area contributed by atoms with Gasteiger partial charge in [0.25, 0.3) is 0 Å². The van der Waals surface area contributed by atoms with Gasteiger partial charge in [-0.25, -0.2) is 12.8 Å². The number of halogens is 1. The molecule has 3 nitrogen and oxygen atoms in total. The van der Waals surface area contributed by atoms with E-state index in [0.29, 0.717) is 5.69 Å². The van der Waals surface area contributed by atoms with Crippen LogP contribution in [-0.4, -0.2) is 8.42 Å². The summed E-state index contributed by atoms with van der Waals surface area (Å²) in [5, 5.41) is 0. The third-order valence-electron chi connectivity index (χ3n) is 2.45. The molecule has 0 heterocycles. The Balaban J connectivity index is 2.33. The summed E-state index contributed by atoms with van der Waals surface area (Å²) < 4.78 is 40.4. The normalized spacial score (nSPS) is 11.2. The first-order chi connectivity index (χ1) is 8.49. The van der Waals surface area contributed by atoms with Crippen LogP contribution in [0.25, 0.3) is 4.72 Å². The van der Waals surface area contributed by atoms with Crippen molar-refractivity contribution in [2.45, 2.75) is 11.8 Å². The lowest BCUT2D eigenvalue weighted by Gasteiger charge is -2.23. The van der Waals surface area contributed by atoms with Crippen molar-refractivity contribution >= 4 is 15.7 Å². The van der Waals surface area contributed by atoms with Crippen molar-refractivity contribution in [1.82, 2.24) is 0 Å². The molecule has 0 unspecified atom stereocenters. The van der Waals surface area contributed by atoms with Crippen molar-refractivity contribution in [3.8, 4) is 0 Å². The lowest BCUT2D eigenvalue weighted by molar-refractivity contribution is 0.601. The monoisotopic (exact) mass is 264 g/mol. The Morgan fingerprint density at radius 2 is 1.61 bits per heavy atom. The molecule has 0 aliphatic rings. The third kappa shape index (κ3) is 2.68. The van der Waals surface area contributed by atoms with Gasteiger partial charge in [0.2, 0.25) is 0 Å². The van der Waals surface area contributed by atoms with Gasteiger partial charge in [-0.3, -0.25) is 0 Å². The maximum absolute atomic E-state index is 12.7. The van der Waals surface area contributed by atoms with E-state index in [1.54, 1.807) is 31.2 Å². The Kier molecular flexibility index (Phi) is 3.34. The summed E-state index contributed by atoms with van der Waals surface area (Å²) in [6, 6.07) is 11.5. The summed E-state index contributed by atoms with van der Waals surface area (Å²) >= 11 is 0. The van der Waals surface area contributed by atoms with E-state index in [0.717, 1.165) is 17.7 Å². The molecule has 0 saturated carbocycles. The quantitative estimate of drug-likeness (QED) is 0.851. The van der Waals surface area contributed by atoms with Crippen molar-refractivity contribution in [3.05, 3.63) is 64.6 Å². The van der Waals surface area contributed by atoms with Crippen molar-refractivity contribution in [3.63, 3.8) is 0 Å². The van der Waals surface area contributed by atoms with Gasteiger partial charge in [0.15, 0.2) is 0 Å². The fourth-order valence-corrected chi connectivity index (χ4v) is 2.50. The van der Waals surface area contributed by atoms with E-state index in [4.69, 9.17) is 0 Å². The third-order valence-corrected chi connectivity index (χ3v) is 3.75. The van der Waals surface area contributed by atoms with Crippen molar-refractivity contribution < 1.29 is 12.8 Å². The van der Waals surface area contributed by atoms with E-state index < -0.39 is 15.8 Å². The number of rotatable bonds is 3. The fourth-order valence-electron chi connectivity index (χ4n) is 1.45. The molecule has 94 valence electrons. The minimum absolute atomic E-state index is 0.0212. The van der Waals surface area contributed by atoms with Crippen LogP contribution in [0.2, 0.25) is 0 Å². The molecule has 0 bridgehead atoms. The molecule has 0 amide bonds. The van der Waals surface area contributed by atoms with Gasteiger partial charge in [0, 0.05) is 0 Å². The van der Waals surface area contributed by atoms with Crippen LogP contribution in [0.5, 0.6) is 0 Å². The Labute approximate surface area is 105 Å². The first-order valence-electron chi connectivity index (χ1n) is 5.28. The minimum Gasteiger partial charge on any atom is -0.572 e. The second kappa shape index (κ2) is 4.78. The first-order valence-corrected chi connectivity index (χ1v) is 6.72. The highest BCUT2D eigenvalue weighted by atomic mass is 32.2. The fraction of sp³-hybridized carbons (Fsp3) is 0.0769. The van der Waals surface area contributed by atoms with Crippen LogP contribution in [0.15, 0.2) is 53.4 Å². The average molecular weight is 264 g/mol. The van der Waals surface area contributed by atoms with Crippen molar-refractivity contribution in [2.24, 2.45) is 0 Å². The topological polar surface area (TPSA) is 48.2 Å². The molecule has 0 radical (unpaired) electrons. The van der Waals surface area contributed by atoms with Crippen molar-refractivity contribution in [1.29, 1.82) is 0 Å². The summed E-state index contributed by atoms with van der Waals surface area (Å²) in [5.74, 6) is -0.482. The molecule has 0 spiro atoms. The van der Waals surface area contributed by atoms with E-state index >= 15 is 0 Å². The lowest BCUT2D eigenvalue weighted by atomic mass is 10.2. The molecule has 0 saturated heterocycles. The molecule has 2 aromatic carbocycles. The predicted octanol–water partition coefficient (Wildman–Crippen LogP) is 3.53. The molecular formula is C13H11FNO2S-. The molecule has 0 fully saturated rings. The lowest BCUT2D eigenvalue weighted by Crippen LogP contribution is -1.98. The van der Waals surface area contributed by atoms with Gasteiger partial charge in [-0.15, -0.1) is 5.69 Å². The molecular weight excluding hydrogens is 253 g/mol. The number of aryl methyl sites for hydroxylation is 1. The first kappa shape index (κ1) is 12.6. The number of nitrogens with zero attached hydrogens (tertiary/aromatic N) is 1. The second-order valence-corrected chi connectivity index (χ2v) is 5.41. The van der Waals surface area contributed by atoms with Crippen LogP contribution in [0.4, 0.5) is 10.1 Å². The van der Waals surface area contributed by atoms with Crippen LogP contribution in [0.3, 0.4) is 0 Å². The van der Waals surface area contributed by atoms with Crippen molar-refractivity contribution in [2.75, 3.05) is 0 Å². The SMILES string of the molecule is Cc1ccccc1[N-]S(=O)(=O)c1ccc(F)cc1. The van der Waals surface area contributed by atoms with Gasteiger partial charge >= 0.3 is 0 Å². The average Bonchev–Trinajstić information content (AvgIpc) is 2.32. The second-order valence-electron chi connectivity index (χ2n) is 3.81. The Morgan fingerprint density at radius 1 is 1.00 bits per heavy atom. The Morgan fingerprint density at radius 3 is 2.22 bits per heavy atom. The van der Waals surface area contributed by atoms with Crippen LogP contribution in [0, 0.1) is 12.7 Å². The molecule has 0 aromatic heterocycles. The summed E-state index contributed by atoms with van der Waals surface area (Å²) in [6.45, 7) is 1.78. The number of hydrogen-bond donors (Lipinski definition) is 0. The standard InChI is InChI=1S/C13H11FNO2S/c1-10-4-2-3-5-13(10)15-18(16,17)12-8-6-11(14)7-9-12/h2-9H,1H3/q-1. The van der Waals surface area contributed by atoms with E-state index in [9.17, 15) is 12.8 Å². The highest BCUT2D eigenvalue weighted by Gasteiger charge is 2.05. The maximum atomic E-state index is 12.7. The van der Waals surface area contributed by atoms with E-state index in [-0.39, 0.29) is 4.90 Å². The zero-order valence-electron chi connectivity index (χ0n) is 9.67.